The zero-order valence-corrected chi connectivity index (χ0v) is 26.8. The summed E-state index contributed by atoms with van der Waals surface area (Å²) in [5, 5.41) is 1.57. The molecule has 2 aromatic rings. The fraction of sp³-hybridized carbons (Fsp3) is 0.722. The van der Waals surface area contributed by atoms with Crippen molar-refractivity contribution < 1.29 is 13.0 Å². The van der Waals surface area contributed by atoms with E-state index in [9.17, 15) is 13.0 Å². The minimum atomic E-state index is -4.26. The Morgan fingerprint density at radius 3 is 1.30 bits per heavy atom. The van der Waals surface area contributed by atoms with Crippen LogP contribution < -0.4 is 0 Å². The highest BCUT2D eigenvalue weighted by Crippen LogP contribution is 2.28. The number of benzene rings is 2. The Bertz CT molecular complexity index is 1020. The molecule has 2 rings (SSSR count). The number of fused-ring (bicyclic) bond motifs is 1. The minimum absolute atomic E-state index is 0.0596. The molecular formula is C36H60O3S. The summed E-state index contributed by atoms with van der Waals surface area (Å²) in [5.41, 5.74) is 2.28. The van der Waals surface area contributed by atoms with Crippen LogP contribution in [0.1, 0.15) is 166 Å². The molecule has 0 saturated carbocycles. The Labute approximate surface area is 247 Å². The Kier molecular flexibility index (Phi) is 18.6. The van der Waals surface area contributed by atoms with E-state index in [0.29, 0.717) is 5.39 Å². The molecule has 0 aliphatic carbocycles. The second-order valence-electron chi connectivity index (χ2n) is 12.2. The van der Waals surface area contributed by atoms with Crippen LogP contribution in [-0.2, 0) is 23.0 Å². The number of rotatable bonds is 25. The van der Waals surface area contributed by atoms with Gasteiger partial charge in [0.1, 0.15) is 4.90 Å². The fourth-order valence-electron chi connectivity index (χ4n) is 5.94. The maximum absolute atomic E-state index is 12.2. The van der Waals surface area contributed by atoms with Crippen LogP contribution in [0.15, 0.2) is 35.2 Å². The van der Waals surface area contributed by atoms with Crippen LogP contribution in [0.3, 0.4) is 0 Å². The summed E-state index contributed by atoms with van der Waals surface area (Å²) in [7, 11) is -4.26. The lowest BCUT2D eigenvalue weighted by Gasteiger charge is -2.11. The summed E-state index contributed by atoms with van der Waals surface area (Å²) in [6.07, 6.45) is 30.9. The van der Waals surface area contributed by atoms with Crippen molar-refractivity contribution in [3.63, 3.8) is 0 Å². The molecule has 0 aliphatic rings. The average molecular weight is 573 g/mol. The third-order valence-electron chi connectivity index (χ3n) is 8.45. The molecule has 0 radical (unpaired) electrons. The molecule has 2 aromatic carbocycles. The highest BCUT2D eigenvalue weighted by atomic mass is 32.2. The predicted octanol–water partition coefficient (Wildman–Crippen LogP) is 11.8. The quantitative estimate of drug-likeness (QED) is 0.0950. The lowest BCUT2D eigenvalue weighted by Crippen LogP contribution is -2.01. The zero-order valence-electron chi connectivity index (χ0n) is 26.0. The van der Waals surface area contributed by atoms with Crippen molar-refractivity contribution in [3.05, 3.63) is 41.5 Å². The van der Waals surface area contributed by atoms with Crippen LogP contribution in [0.25, 0.3) is 10.8 Å². The molecule has 0 aliphatic heterocycles. The molecule has 3 nitrogen and oxygen atoms in total. The molecule has 0 aromatic heterocycles. The lowest BCUT2D eigenvalue weighted by atomic mass is 9.98. The fourth-order valence-corrected chi connectivity index (χ4v) is 6.71. The topological polar surface area (TPSA) is 54.4 Å². The van der Waals surface area contributed by atoms with E-state index in [4.69, 9.17) is 0 Å². The van der Waals surface area contributed by atoms with Gasteiger partial charge in [0.15, 0.2) is 0 Å². The molecule has 0 amide bonds. The lowest BCUT2D eigenvalue weighted by molar-refractivity contribution is 0.484. The Hall–Kier alpha value is -1.39. The second-order valence-corrected chi connectivity index (χ2v) is 13.6. The molecule has 0 heterocycles. The highest BCUT2D eigenvalue weighted by Gasteiger charge is 2.16. The Morgan fingerprint density at radius 2 is 0.875 bits per heavy atom. The molecular weight excluding hydrogens is 512 g/mol. The maximum atomic E-state index is 12.2. The van der Waals surface area contributed by atoms with E-state index in [1.807, 2.05) is 12.1 Å². The maximum Gasteiger partial charge on any atom is 0.295 e. The van der Waals surface area contributed by atoms with Gasteiger partial charge in [0.05, 0.1) is 0 Å². The monoisotopic (exact) mass is 572 g/mol. The van der Waals surface area contributed by atoms with Crippen molar-refractivity contribution in [1.29, 1.82) is 0 Å². The van der Waals surface area contributed by atoms with E-state index >= 15 is 0 Å². The van der Waals surface area contributed by atoms with Crippen molar-refractivity contribution in [3.8, 4) is 0 Å². The molecule has 0 spiro atoms. The SMILES string of the molecule is CCCCCCCCCCCCCc1ccc2c(S(=O)(=O)O)cc(CCCCCCCCCCCCC)cc2c1. The van der Waals surface area contributed by atoms with Gasteiger partial charge in [-0.05, 0) is 48.3 Å². The molecule has 1 N–H and O–H groups in total. The van der Waals surface area contributed by atoms with Gasteiger partial charge in [-0.15, -0.1) is 0 Å². The summed E-state index contributed by atoms with van der Waals surface area (Å²) in [4.78, 5) is 0.0596. The predicted molar refractivity (Wildman–Crippen MR) is 174 cm³/mol. The molecule has 0 saturated heterocycles. The average Bonchev–Trinajstić information content (AvgIpc) is 2.93. The van der Waals surface area contributed by atoms with Gasteiger partial charge in [-0.3, -0.25) is 4.55 Å². The minimum Gasteiger partial charge on any atom is -0.282 e. The van der Waals surface area contributed by atoms with E-state index in [-0.39, 0.29) is 4.90 Å². The number of aryl methyl sites for hydroxylation is 2. The van der Waals surface area contributed by atoms with Crippen LogP contribution in [-0.4, -0.2) is 13.0 Å². The van der Waals surface area contributed by atoms with Crippen LogP contribution in [0.5, 0.6) is 0 Å². The molecule has 228 valence electrons. The van der Waals surface area contributed by atoms with E-state index in [2.05, 4.69) is 26.0 Å². The van der Waals surface area contributed by atoms with Gasteiger partial charge >= 0.3 is 0 Å². The van der Waals surface area contributed by atoms with Gasteiger partial charge in [0, 0.05) is 5.39 Å². The Balaban J connectivity index is 1.76. The number of unbranched alkanes of at least 4 members (excludes halogenated alkanes) is 20. The third-order valence-corrected chi connectivity index (χ3v) is 9.35. The van der Waals surface area contributed by atoms with E-state index < -0.39 is 10.1 Å². The molecule has 40 heavy (non-hydrogen) atoms. The summed E-state index contributed by atoms with van der Waals surface area (Å²) in [6, 6.07) is 9.90. The number of hydrogen-bond donors (Lipinski definition) is 1. The van der Waals surface area contributed by atoms with Gasteiger partial charge in [-0.25, -0.2) is 0 Å². The van der Waals surface area contributed by atoms with Gasteiger partial charge < -0.3 is 0 Å². The van der Waals surface area contributed by atoms with Crippen molar-refractivity contribution in [2.45, 2.75) is 173 Å². The smallest absolute Gasteiger partial charge is 0.282 e. The standard InChI is InChI=1S/C36H60O3S/c1-3-5-7-9-11-13-15-17-19-21-23-25-32-27-28-35-34(29-32)30-33(31-36(35)40(37,38)39)26-24-22-20-18-16-14-12-10-8-6-4-2/h27-31H,3-26H2,1-2H3,(H,37,38,39). The second kappa shape index (κ2) is 21.3. The van der Waals surface area contributed by atoms with Crippen molar-refractivity contribution in [1.82, 2.24) is 0 Å². The summed E-state index contributed by atoms with van der Waals surface area (Å²) >= 11 is 0. The first-order chi connectivity index (χ1) is 19.5. The van der Waals surface area contributed by atoms with E-state index in [1.54, 1.807) is 6.07 Å². The summed E-state index contributed by atoms with van der Waals surface area (Å²) in [6.45, 7) is 4.53. The van der Waals surface area contributed by atoms with Crippen LogP contribution in [0.4, 0.5) is 0 Å². The molecule has 4 heteroatoms. The first-order valence-electron chi connectivity index (χ1n) is 17.0. The van der Waals surface area contributed by atoms with E-state index in [1.165, 1.54) is 140 Å². The molecule has 0 atom stereocenters. The van der Waals surface area contributed by atoms with Gasteiger partial charge in [-0.1, -0.05) is 167 Å². The summed E-state index contributed by atoms with van der Waals surface area (Å²) in [5.74, 6) is 0. The first-order valence-corrected chi connectivity index (χ1v) is 18.4. The van der Waals surface area contributed by atoms with Crippen LogP contribution >= 0.6 is 0 Å². The van der Waals surface area contributed by atoms with E-state index in [0.717, 1.165) is 30.2 Å². The summed E-state index contributed by atoms with van der Waals surface area (Å²) < 4.78 is 34.3. The van der Waals surface area contributed by atoms with Crippen molar-refractivity contribution in [2.24, 2.45) is 0 Å². The van der Waals surface area contributed by atoms with Crippen LogP contribution in [0, 0.1) is 0 Å². The zero-order chi connectivity index (χ0) is 28.9. The largest absolute Gasteiger partial charge is 0.295 e. The highest BCUT2D eigenvalue weighted by molar-refractivity contribution is 7.86. The number of hydrogen-bond acceptors (Lipinski definition) is 2. The normalized spacial score (nSPS) is 12.0. The van der Waals surface area contributed by atoms with Gasteiger partial charge in [0.25, 0.3) is 10.1 Å². The van der Waals surface area contributed by atoms with Gasteiger partial charge in [-0.2, -0.15) is 8.42 Å². The Morgan fingerprint density at radius 1 is 0.500 bits per heavy atom. The first kappa shape index (κ1) is 34.8. The third kappa shape index (κ3) is 15.0. The van der Waals surface area contributed by atoms with Crippen LogP contribution in [0.2, 0.25) is 0 Å². The van der Waals surface area contributed by atoms with Crippen molar-refractivity contribution in [2.75, 3.05) is 0 Å². The molecule has 0 bridgehead atoms. The molecule has 0 fully saturated rings. The van der Waals surface area contributed by atoms with Gasteiger partial charge in [0.2, 0.25) is 0 Å². The van der Waals surface area contributed by atoms with Crippen molar-refractivity contribution >= 4 is 20.9 Å². The molecule has 0 unspecified atom stereocenters.